The maximum Gasteiger partial charge on any atom is 0.188 e. The fourth-order valence-corrected chi connectivity index (χ4v) is 2.49. The minimum absolute atomic E-state index is 0. The number of nitrogens with one attached hydrogen (secondary N) is 1. The van der Waals surface area contributed by atoms with Crippen molar-refractivity contribution in [3.63, 3.8) is 0 Å². The fourth-order valence-electron chi connectivity index (χ4n) is 2.49. The molecule has 138 valence electrons. The highest BCUT2D eigenvalue weighted by Gasteiger charge is 2.08. The van der Waals surface area contributed by atoms with Gasteiger partial charge in [-0.05, 0) is 44.9 Å². The normalized spacial score (nSPS) is 11.2. The minimum Gasteiger partial charge on any atom is -0.382 e. The standard InChI is InChI=1S/C18H27N5O.HI/c1-4-24-11-7-10-20-18(19)21-13-16-8-5-6-9-17(16)23-15(3)12-14(2)22-23;/h5-6,8-9,12H,4,7,10-11,13H2,1-3H3,(H3,19,20,21);1H. The Morgan fingerprint density at radius 3 is 2.76 bits per heavy atom. The second-order valence-electron chi connectivity index (χ2n) is 5.65. The molecule has 1 heterocycles. The van der Waals surface area contributed by atoms with E-state index in [1.807, 2.05) is 37.6 Å². The third-order valence-electron chi connectivity index (χ3n) is 3.62. The second kappa shape index (κ2) is 11.1. The van der Waals surface area contributed by atoms with Crippen LogP contribution in [0.5, 0.6) is 0 Å². The van der Waals surface area contributed by atoms with Gasteiger partial charge in [-0.15, -0.1) is 24.0 Å². The molecule has 0 atom stereocenters. The van der Waals surface area contributed by atoms with Crippen LogP contribution in [-0.4, -0.2) is 35.5 Å². The van der Waals surface area contributed by atoms with Crippen LogP contribution in [0.25, 0.3) is 5.69 Å². The van der Waals surface area contributed by atoms with Crippen LogP contribution in [0.2, 0.25) is 0 Å². The van der Waals surface area contributed by atoms with Crippen molar-refractivity contribution in [1.82, 2.24) is 15.1 Å². The van der Waals surface area contributed by atoms with Crippen LogP contribution >= 0.6 is 24.0 Å². The molecule has 2 aromatic rings. The Balaban J connectivity index is 0.00000312. The number of aliphatic imine (C=N–C) groups is 1. The smallest absolute Gasteiger partial charge is 0.188 e. The molecule has 1 aromatic carbocycles. The van der Waals surface area contributed by atoms with Crippen LogP contribution < -0.4 is 11.1 Å². The molecule has 0 saturated carbocycles. The SMILES string of the molecule is CCOCCCNC(N)=NCc1ccccc1-n1nc(C)cc1C.I. The fraction of sp³-hybridized carbons (Fsp3) is 0.444. The van der Waals surface area contributed by atoms with E-state index in [2.05, 4.69) is 33.6 Å². The number of aryl methyl sites for hydroxylation is 2. The molecule has 3 N–H and O–H groups in total. The van der Waals surface area contributed by atoms with Crippen LogP contribution in [0, 0.1) is 13.8 Å². The second-order valence-corrected chi connectivity index (χ2v) is 5.65. The van der Waals surface area contributed by atoms with Gasteiger partial charge in [0.2, 0.25) is 0 Å². The summed E-state index contributed by atoms with van der Waals surface area (Å²) >= 11 is 0. The average Bonchev–Trinajstić information content (AvgIpc) is 2.91. The molecule has 2 rings (SSSR count). The van der Waals surface area contributed by atoms with Crippen molar-refractivity contribution in [2.45, 2.75) is 33.7 Å². The van der Waals surface area contributed by atoms with Gasteiger partial charge in [-0.2, -0.15) is 5.10 Å². The number of para-hydroxylation sites is 1. The summed E-state index contributed by atoms with van der Waals surface area (Å²) in [6.45, 7) is 8.78. The lowest BCUT2D eigenvalue weighted by molar-refractivity contribution is 0.145. The van der Waals surface area contributed by atoms with Crippen LogP contribution in [0.15, 0.2) is 35.3 Å². The molecule has 0 saturated heterocycles. The number of hydrogen-bond acceptors (Lipinski definition) is 3. The van der Waals surface area contributed by atoms with E-state index in [0.717, 1.165) is 48.8 Å². The highest BCUT2D eigenvalue weighted by atomic mass is 127. The molecule has 0 aliphatic carbocycles. The van der Waals surface area contributed by atoms with E-state index < -0.39 is 0 Å². The Kier molecular flexibility index (Phi) is 9.51. The monoisotopic (exact) mass is 457 g/mol. The van der Waals surface area contributed by atoms with Gasteiger partial charge in [0.25, 0.3) is 0 Å². The van der Waals surface area contributed by atoms with Crippen molar-refractivity contribution in [3.8, 4) is 5.69 Å². The lowest BCUT2D eigenvalue weighted by Gasteiger charge is -2.10. The summed E-state index contributed by atoms with van der Waals surface area (Å²) < 4.78 is 7.24. The molecule has 25 heavy (non-hydrogen) atoms. The zero-order valence-electron chi connectivity index (χ0n) is 15.2. The summed E-state index contributed by atoms with van der Waals surface area (Å²) in [5.41, 5.74) is 10.2. The van der Waals surface area contributed by atoms with Crippen LogP contribution in [0.1, 0.15) is 30.3 Å². The van der Waals surface area contributed by atoms with E-state index in [4.69, 9.17) is 10.5 Å². The molecule has 0 unspecified atom stereocenters. The highest BCUT2D eigenvalue weighted by molar-refractivity contribution is 14.0. The van der Waals surface area contributed by atoms with Gasteiger partial charge in [-0.25, -0.2) is 9.67 Å². The summed E-state index contributed by atoms with van der Waals surface area (Å²) in [6, 6.07) is 10.2. The average molecular weight is 457 g/mol. The van der Waals surface area contributed by atoms with E-state index in [1.165, 1.54) is 0 Å². The molecule has 0 fully saturated rings. The van der Waals surface area contributed by atoms with Crippen molar-refractivity contribution in [2.75, 3.05) is 19.8 Å². The molecule has 0 bridgehead atoms. The first-order valence-electron chi connectivity index (χ1n) is 8.35. The van der Waals surface area contributed by atoms with Gasteiger partial charge in [-0.3, -0.25) is 0 Å². The topological polar surface area (TPSA) is 77.5 Å². The van der Waals surface area contributed by atoms with Crippen LogP contribution in [0.4, 0.5) is 0 Å². The quantitative estimate of drug-likeness (QED) is 0.277. The van der Waals surface area contributed by atoms with E-state index >= 15 is 0 Å². The first-order chi connectivity index (χ1) is 11.6. The summed E-state index contributed by atoms with van der Waals surface area (Å²) in [7, 11) is 0. The summed E-state index contributed by atoms with van der Waals surface area (Å²) in [4.78, 5) is 4.44. The largest absolute Gasteiger partial charge is 0.382 e. The minimum atomic E-state index is 0. The number of benzene rings is 1. The maximum atomic E-state index is 5.93. The van der Waals surface area contributed by atoms with Crippen LogP contribution in [0.3, 0.4) is 0 Å². The van der Waals surface area contributed by atoms with Gasteiger partial charge in [0.15, 0.2) is 5.96 Å². The molecule has 0 spiro atoms. The maximum absolute atomic E-state index is 5.93. The Labute approximate surface area is 166 Å². The zero-order valence-corrected chi connectivity index (χ0v) is 17.5. The highest BCUT2D eigenvalue weighted by Crippen LogP contribution is 2.17. The van der Waals surface area contributed by atoms with E-state index in [0.29, 0.717) is 12.5 Å². The number of hydrogen-bond donors (Lipinski definition) is 2. The third-order valence-corrected chi connectivity index (χ3v) is 3.62. The molecule has 0 amide bonds. The molecule has 6 nitrogen and oxygen atoms in total. The zero-order chi connectivity index (χ0) is 17.4. The van der Waals surface area contributed by atoms with Gasteiger partial charge in [0.1, 0.15) is 0 Å². The predicted octanol–water partition coefficient (Wildman–Crippen LogP) is 2.94. The van der Waals surface area contributed by atoms with Crippen LogP contribution in [-0.2, 0) is 11.3 Å². The third kappa shape index (κ3) is 6.66. The summed E-state index contributed by atoms with van der Waals surface area (Å²) in [6.07, 6.45) is 0.909. The number of halogens is 1. The predicted molar refractivity (Wildman–Crippen MR) is 113 cm³/mol. The molecule has 0 radical (unpaired) electrons. The number of aromatic nitrogens is 2. The number of guanidine groups is 1. The summed E-state index contributed by atoms with van der Waals surface area (Å²) in [5.74, 6) is 0.453. The molecule has 0 aliphatic heterocycles. The van der Waals surface area contributed by atoms with Crippen molar-refractivity contribution >= 4 is 29.9 Å². The number of rotatable bonds is 8. The van der Waals surface area contributed by atoms with Gasteiger partial charge >= 0.3 is 0 Å². The van der Waals surface area contributed by atoms with E-state index in [-0.39, 0.29) is 24.0 Å². The van der Waals surface area contributed by atoms with Gasteiger partial charge < -0.3 is 15.8 Å². The van der Waals surface area contributed by atoms with Crippen molar-refractivity contribution < 1.29 is 4.74 Å². The Hall–Kier alpha value is -1.61. The molecule has 0 aliphatic rings. The lowest BCUT2D eigenvalue weighted by Crippen LogP contribution is -2.32. The first-order valence-corrected chi connectivity index (χ1v) is 8.35. The number of nitrogens with zero attached hydrogens (tertiary/aromatic N) is 3. The van der Waals surface area contributed by atoms with E-state index in [9.17, 15) is 0 Å². The Bertz CT molecular complexity index is 684. The van der Waals surface area contributed by atoms with E-state index in [1.54, 1.807) is 0 Å². The number of ether oxygens (including phenoxy) is 1. The lowest BCUT2D eigenvalue weighted by atomic mass is 10.2. The molecular weight excluding hydrogens is 429 g/mol. The molecule has 7 heteroatoms. The van der Waals surface area contributed by atoms with Crippen molar-refractivity contribution in [1.29, 1.82) is 0 Å². The first kappa shape index (κ1) is 21.4. The molecular formula is C18H28IN5O. The Morgan fingerprint density at radius 2 is 2.08 bits per heavy atom. The molecule has 1 aromatic heterocycles. The van der Waals surface area contributed by atoms with Crippen molar-refractivity contribution in [2.24, 2.45) is 10.7 Å². The van der Waals surface area contributed by atoms with Crippen molar-refractivity contribution in [3.05, 3.63) is 47.3 Å². The van der Waals surface area contributed by atoms with Gasteiger partial charge in [0.05, 0.1) is 17.9 Å². The summed E-state index contributed by atoms with van der Waals surface area (Å²) in [5, 5.41) is 7.67. The Morgan fingerprint density at radius 1 is 1.32 bits per heavy atom. The van der Waals surface area contributed by atoms with Gasteiger partial charge in [0, 0.05) is 25.5 Å². The number of nitrogens with two attached hydrogens (primary N) is 1. The van der Waals surface area contributed by atoms with Gasteiger partial charge in [-0.1, -0.05) is 18.2 Å².